The van der Waals surface area contributed by atoms with E-state index >= 15 is 0 Å². The summed E-state index contributed by atoms with van der Waals surface area (Å²) in [7, 11) is 4.12. The molecule has 0 bridgehead atoms. The van der Waals surface area contributed by atoms with E-state index < -0.39 is 0 Å². The van der Waals surface area contributed by atoms with Crippen LogP contribution in [0.4, 0.5) is 11.5 Å². The Bertz CT molecular complexity index is 1560. The molecule has 1 saturated heterocycles. The van der Waals surface area contributed by atoms with Gasteiger partial charge >= 0.3 is 0 Å². The van der Waals surface area contributed by atoms with Gasteiger partial charge in [-0.15, -0.1) is 11.3 Å². The number of hydrogen-bond donors (Lipinski definition) is 1. The van der Waals surface area contributed by atoms with Crippen molar-refractivity contribution >= 4 is 44.7 Å². The van der Waals surface area contributed by atoms with E-state index in [1.165, 1.54) is 16.8 Å². The standard InChI is InChI=1S/C28H32N6O3S/c1-15-9-19(27(37)34-23(15)20(35)11-28(34)7-4-8-28)31-24-22-18-6-5-16(10-21(18)38-25(22)30-14-29-24)26(36)33-12-17(13-33)32(2)3/h9,14,16-17H,4-8,10-13H2,1-3H3,(H,29,30,31)/t16-/m0/s1. The molecule has 0 aromatic carbocycles. The molecule has 0 unspecified atom stereocenters. The number of nitrogens with one attached hydrogen (secondary N) is 1. The summed E-state index contributed by atoms with van der Waals surface area (Å²) < 4.78 is 1.77. The molecule has 0 radical (unpaired) electrons. The summed E-state index contributed by atoms with van der Waals surface area (Å²) in [5, 5.41) is 4.29. The largest absolute Gasteiger partial charge is 0.339 e. The number of ketones is 1. The van der Waals surface area contributed by atoms with Crippen LogP contribution in [0.2, 0.25) is 0 Å². The molecule has 198 valence electrons. The molecular formula is C28H32N6O3S. The summed E-state index contributed by atoms with van der Waals surface area (Å²) >= 11 is 1.63. The summed E-state index contributed by atoms with van der Waals surface area (Å²) in [5.41, 5.74) is 2.53. The minimum Gasteiger partial charge on any atom is -0.339 e. The zero-order valence-corrected chi connectivity index (χ0v) is 22.9. The van der Waals surface area contributed by atoms with Crippen LogP contribution >= 0.6 is 11.3 Å². The van der Waals surface area contributed by atoms with Crippen LogP contribution in [-0.2, 0) is 23.2 Å². The number of amides is 1. The maximum Gasteiger partial charge on any atom is 0.275 e. The molecule has 9 nitrogen and oxygen atoms in total. The number of aromatic nitrogens is 3. The highest BCUT2D eigenvalue weighted by molar-refractivity contribution is 7.19. The molecule has 38 heavy (non-hydrogen) atoms. The number of fused-ring (bicyclic) bond motifs is 5. The molecule has 2 aliphatic carbocycles. The number of likely N-dealkylation sites (N-methyl/N-ethyl adjacent to an activating group) is 1. The second-order valence-electron chi connectivity index (χ2n) is 11.7. The number of nitrogens with zero attached hydrogens (tertiary/aromatic N) is 5. The van der Waals surface area contributed by atoms with Crippen molar-refractivity contribution in [1.82, 2.24) is 24.3 Å². The Balaban J connectivity index is 1.20. The first-order chi connectivity index (χ1) is 18.3. The molecule has 1 amide bonds. The maximum atomic E-state index is 13.7. The van der Waals surface area contributed by atoms with Crippen LogP contribution in [0.15, 0.2) is 17.2 Å². The number of rotatable bonds is 4. The third-order valence-electron chi connectivity index (χ3n) is 9.26. The van der Waals surface area contributed by atoms with E-state index in [1.54, 1.807) is 22.0 Å². The van der Waals surface area contributed by atoms with Crippen molar-refractivity contribution in [2.24, 2.45) is 5.92 Å². The lowest BCUT2D eigenvalue weighted by Crippen LogP contribution is -2.60. The average Bonchev–Trinajstić information content (AvgIpc) is 3.36. The zero-order valence-electron chi connectivity index (χ0n) is 22.0. The van der Waals surface area contributed by atoms with Gasteiger partial charge in [0, 0.05) is 36.3 Å². The van der Waals surface area contributed by atoms with Gasteiger partial charge in [-0.3, -0.25) is 19.0 Å². The number of pyridine rings is 1. The lowest BCUT2D eigenvalue weighted by atomic mass is 9.75. The number of anilines is 2. The molecule has 3 aromatic heterocycles. The summed E-state index contributed by atoms with van der Waals surface area (Å²) in [6.45, 7) is 3.53. The maximum absolute atomic E-state index is 13.7. The molecule has 1 saturated carbocycles. The average molecular weight is 533 g/mol. The molecular weight excluding hydrogens is 500 g/mol. The van der Waals surface area contributed by atoms with Gasteiger partial charge in [0.25, 0.3) is 5.56 Å². The van der Waals surface area contributed by atoms with Crippen molar-refractivity contribution in [2.45, 2.75) is 63.5 Å². The van der Waals surface area contributed by atoms with Crippen molar-refractivity contribution in [3.05, 3.63) is 44.4 Å². The number of Topliss-reactive ketones (excluding diaryl/α,β-unsaturated/α-hetero) is 1. The third kappa shape index (κ3) is 3.42. The fraction of sp³-hybridized carbons (Fsp3) is 0.536. The zero-order chi connectivity index (χ0) is 26.3. The quantitative estimate of drug-likeness (QED) is 0.551. The van der Waals surface area contributed by atoms with Gasteiger partial charge in [0.2, 0.25) is 5.91 Å². The first-order valence-electron chi connectivity index (χ1n) is 13.5. The van der Waals surface area contributed by atoms with Gasteiger partial charge in [-0.25, -0.2) is 9.97 Å². The molecule has 1 spiro atoms. The fourth-order valence-corrected chi connectivity index (χ4v) is 8.11. The van der Waals surface area contributed by atoms with Crippen LogP contribution in [-0.4, -0.2) is 69.3 Å². The lowest BCUT2D eigenvalue weighted by Gasteiger charge is -2.44. The molecule has 4 aliphatic rings. The van der Waals surface area contributed by atoms with Crippen LogP contribution in [0, 0.1) is 12.8 Å². The smallest absolute Gasteiger partial charge is 0.275 e. The van der Waals surface area contributed by atoms with Crippen molar-refractivity contribution in [3.8, 4) is 0 Å². The monoisotopic (exact) mass is 532 g/mol. The molecule has 10 heteroatoms. The molecule has 2 fully saturated rings. The van der Waals surface area contributed by atoms with Gasteiger partial charge in [0.05, 0.1) is 16.6 Å². The van der Waals surface area contributed by atoms with Gasteiger partial charge in [0.15, 0.2) is 5.78 Å². The molecule has 1 atom stereocenters. The van der Waals surface area contributed by atoms with E-state index in [4.69, 9.17) is 0 Å². The van der Waals surface area contributed by atoms with Crippen LogP contribution < -0.4 is 10.9 Å². The van der Waals surface area contributed by atoms with Gasteiger partial charge in [-0.05, 0) is 76.7 Å². The Morgan fingerprint density at radius 2 is 2.00 bits per heavy atom. The Labute approximate surface area is 224 Å². The highest BCUT2D eigenvalue weighted by atomic mass is 32.1. The van der Waals surface area contributed by atoms with Crippen molar-refractivity contribution < 1.29 is 9.59 Å². The Kier molecular flexibility index (Phi) is 5.33. The van der Waals surface area contributed by atoms with Crippen molar-refractivity contribution in [1.29, 1.82) is 0 Å². The van der Waals surface area contributed by atoms with Gasteiger partial charge in [-0.1, -0.05) is 0 Å². The number of thiophene rings is 1. The molecule has 5 heterocycles. The minimum atomic E-state index is -0.348. The number of hydrogen-bond acceptors (Lipinski definition) is 8. The van der Waals surface area contributed by atoms with E-state index in [9.17, 15) is 14.4 Å². The predicted octanol–water partition coefficient (Wildman–Crippen LogP) is 3.25. The van der Waals surface area contributed by atoms with E-state index in [0.717, 1.165) is 67.4 Å². The van der Waals surface area contributed by atoms with Crippen LogP contribution in [0.1, 0.15) is 58.6 Å². The van der Waals surface area contributed by atoms with Crippen LogP contribution in [0.25, 0.3) is 10.2 Å². The first kappa shape index (κ1) is 24.0. The predicted molar refractivity (Wildman–Crippen MR) is 146 cm³/mol. The highest BCUT2D eigenvalue weighted by Gasteiger charge is 2.49. The SMILES string of the molecule is Cc1cc(Nc2ncnc3sc4c(c23)CC[C@H](C(=O)N2CC(N(C)C)C2)C4)c(=O)n2c1C(=O)CC21CCC1. The molecule has 1 N–H and O–H groups in total. The van der Waals surface area contributed by atoms with E-state index in [2.05, 4.69) is 34.3 Å². The Morgan fingerprint density at radius 1 is 1.21 bits per heavy atom. The van der Waals surface area contributed by atoms with Crippen LogP contribution in [0.5, 0.6) is 0 Å². The highest BCUT2D eigenvalue weighted by Crippen LogP contribution is 2.47. The van der Waals surface area contributed by atoms with E-state index in [-0.39, 0.29) is 28.7 Å². The topological polar surface area (TPSA) is 100 Å². The normalized spacial score (nSPS) is 21.9. The minimum absolute atomic E-state index is 0.00301. The number of likely N-dealkylation sites (tertiary alicyclic amines) is 1. The van der Waals surface area contributed by atoms with Gasteiger partial charge < -0.3 is 15.1 Å². The number of carbonyl (C=O) groups is 2. The van der Waals surface area contributed by atoms with Crippen molar-refractivity contribution in [2.75, 3.05) is 32.5 Å². The summed E-state index contributed by atoms with van der Waals surface area (Å²) in [6.07, 6.45) is 7.07. The number of aryl methyl sites for hydroxylation is 2. The second kappa shape index (κ2) is 8.44. The molecule has 7 rings (SSSR count). The van der Waals surface area contributed by atoms with Crippen LogP contribution in [0.3, 0.4) is 0 Å². The lowest BCUT2D eigenvalue weighted by molar-refractivity contribution is -0.142. The van der Waals surface area contributed by atoms with E-state index in [0.29, 0.717) is 29.7 Å². The van der Waals surface area contributed by atoms with E-state index in [1.807, 2.05) is 11.8 Å². The Morgan fingerprint density at radius 3 is 2.71 bits per heavy atom. The molecule has 3 aromatic rings. The third-order valence-corrected chi connectivity index (χ3v) is 10.4. The summed E-state index contributed by atoms with van der Waals surface area (Å²) in [6, 6.07) is 2.25. The summed E-state index contributed by atoms with van der Waals surface area (Å²) in [4.78, 5) is 54.9. The van der Waals surface area contributed by atoms with Crippen molar-refractivity contribution in [3.63, 3.8) is 0 Å². The number of carbonyl (C=O) groups excluding carboxylic acids is 2. The fourth-order valence-electron chi connectivity index (χ4n) is 6.84. The van der Waals surface area contributed by atoms with Gasteiger partial charge in [-0.2, -0.15) is 0 Å². The first-order valence-corrected chi connectivity index (χ1v) is 14.4. The van der Waals surface area contributed by atoms with Gasteiger partial charge in [0.1, 0.15) is 22.7 Å². The molecule has 2 aliphatic heterocycles. The Hall–Kier alpha value is -3.11. The summed E-state index contributed by atoms with van der Waals surface area (Å²) in [5.74, 6) is 0.958. The second-order valence-corrected chi connectivity index (χ2v) is 12.8.